The van der Waals surface area contributed by atoms with Crippen LogP contribution in [0.4, 0.5) is 13.2 Å². The molecule has 2 aromatic carbocycles. The zero-order chi connectivity index (χ0) is 20.0. The summed E-state index contributed by atoms with van der Waals surface area (Å²) in [6.45, 7) is 0. The molecule has 0 aliphatic carbocycles. The number of nitriles is 1. The number of nitrogens with one attached hydrogen (secondary N) is 1. The summed E-state index contributed by atoms with van der Waals surface area (Å²) in [5, 5.41) is 11.4. The van der Waals surface area contributed by atoms with Gasteiger partial charge in [-0.15, -0.1) is 0 Å². The summed E-state index contributed by atoms with van der Waals surface area (Å²) in [5.41, 5.74) is 5.94. The number of primary amides is 1. The standard InChI is InChI=1S/C19H16F3N3O2/c20-19(21,22)15-6-4-12(5-7-15)10-17(26)25-16(18(24)27)9-13-2-1-3-14(8-13)11-23/h1-8,16H,9-10H2,(H2,24,27)(H,25,26)/t16-/m0/s1. The molecule has 27 heavy (non-hydrogen) atoms. The van der Waals surface area contributed by atoms with E-state index in [0.717, 1.165) is 12.1 Å². The third-order valence-electron chi connectivity index (χ3n) is 3.82. The Balaban J connectivity index is 2.02. The number of nitrogens with zero attached hydrogens (tertiary/aromatic N) is 1. The van der Waals surface area contributed by atoms with Crippen LogP contribution in [0.1, 0.15) is 22.3 Å². The van der Waals surface area contributed by atoms with Crippen LogP contribution in [-0.2, 0) is 28.6 Å². The molecule has 0 heterocycles. The van der Waals surface area contributed by atoms with Crippen molar-refractivity contribution in [1.82, 2.24) is 5.32 Å². The number of hydrogen-bond donors (Lipinski definition) is 2. The summed E-state index contributed by atoms with van der Waals surface area (Å²) in [4.78, 5) is 23.7. The SMILES string of the molecule is N#Cc1cccc(C[C@H](NC(=O)Cc2ccc(C(F)(F)F)cc2)C(N)=O)c1. The number of rotatable bonds is 6. The van der Waals surface area contributed by atoms with Crippen molar-refractivity contribution in [3.63, 3.8) is 0 Å². The summed E-state index contributed by atoms with van der Waals surface area (Å²) in [7, 11) is 0. The summed E-state index contributed by atoms with van der Waals surface area (Å²) < 4.78 is 37.7. The first-order chi connectivity index (χ1) is 12.7. The van der Waals surface area contributed by atoms with Crippen LogP contribution in [0.15, 0.2) is 48.5 Å². The van der Waals surface area contributed by atoms with E-state index in [2.05, 4.69) is 5.32 Å². The van der Waals surface area contributed by atoms with E-state index in [0.29, 0.717) is 16.7 Å². The average molecular weight is 375 g/mol. The second kappa shape index (κ2) is 8.36. The molecule has 0 saturated heterocycles. The van der Waals surface area contributed by atoms with Crippen LogP contribution in [0.5, 0.6) is 0 Å². The fourth-order valence-electron chi connectivity index (χ4n) is 2.47. The zero-order valence-electron chi connectivity index (χ0n) is 14.1. The van der Waals surface area contributed by atoms with Gasteiger partial charge in [0.05, 0.1) is 23.6 Å². The molecule has 0 bridgehead atoms. The van der Waals surface area contributed by atoms with Gasteiger partial charge in [0.15, 0.2) is 0 Å². The maximum Gasteiger partial charge on any atom is 0.416 e. The van der Waals surface area contributed by atoms with Gasteiger partial charge in [0.1, 0.15) is 6.04 Å². The van der Waals surface area contributed by atoms with Crippen molar-refractivity contribution < 1.29 is 22.8 Å². The van der Waals surface area contributed by atoms with Crippen molar-refractivity contribution in [3.8, 4) is 6.07 Å². The highest BCUT2D eigenvalue weighted by molar-refractivity contribution is 5.87. The molecule has 8 heteroatoms. The molecule has 0 aliphatic rings. The van der Waals surface area contributed by atoms with E-state index >= 15 is 0 Å². The van der Waals surface area contributed by atoms with E-state index < -0.39 is 29.6 Å². The predicted molar refractivity (Wildman–Crippen MR) is 91.1 cm³/mol. The average Bonchev–Trinajstić information content (AvgIpc) is 2.61. The van der Waals surface area contributed by atoms with Crippen LogP contribution in [-0.4, -0.2) is 17.9 Å². The van der Waals surface area contributed by atoms with Crippen LogP contribution in [0.25, 0.3) is 0 Å². The van der Waals surface area contributed by atoms with Crippen molar-refractivity contribution in [2.75, 3.05) is 0 Å². The lowest BCUT2D eigenvalue weighted by Crippen LogP contribution is -2.46. The first-order valence-electron chi connectivity index (χ1n) is 7.93. The number of carbonyl (C=O) groups is 2. The molecule has 2 amide bonds. The van der Waals surface area contributed by atoms with E-state index in [9.17, 15) is 22.8 Å². The van der Waals surface area contributed by atoms with Crippen molar-refractivity contribution >= 4 is 11.8 Å². The maximum atomic E-state index is 12.6. The minimum absolute atomic E-state index is 0.101. The highest BCUT2D eigenvalue weighted by atomic mass is 19.4. The first-order valence-corrected chi connectivity index (χ1v) is 7.93. The summed E-state index contributed by atoms with van der Waals surface area (Å²) >= 11 is 0. The van der Waals surface area contributed by atoms with Crippen molar-refractivity contribution in [1.29, 1.82) is 5.26 Å². The number of benzene rings is 2. The third-order valence-corrected chi connectivity index (χ3v) is 3.82. The maximum absolute atomic E-state index is 12.6. The normalized spacial score (nSPS) is 12.1. The van der Waals surface area contributed by atoms with Crippen LogP contribution in [0.2, 0.25) is 0 Å². The van der Waals surface area contributed by atoms with Gasteiger partial charge in [-0.3, -0.25) is 9.59 Å². The molecular formula is C19H16F3N3O2. The number of carbonyl (C=O) groups excluding carboxylic acids is 2. The van der Waals surface area contributed by atoms with E-state index in [1.165, 1.54) is 12.1 Å². The van der Waals surface area contributed by atoms with Crippen molar-refractivity contribution in [2.24, 2.45) is 5.73 Å². The molecular weight excluding hydrogens is 359 g/mol. The Morgan fingerprint density at radius 2 is 1.78 bits per heavy atom. The second-order valence-electron chi connectivity index (χ2n) is 5.91. The molecule has 2 rings (SSSR count). The molecule has 140 valence electrons. The van der Waals surface area contributed by atoms with Gasteiger partial charge in [0.25, 0.3) is 0 Å². The molecule has 0 spiro atoms. The van der Waals surface area contributed by atoms with E-state index in [4.69, 9.17) is 11.0 Å². The van der Waals surface area contributed by atoms with Gasteiger partial charge < -0.3 is 11.1 Å². The van der Waals surface area contributed by atoms with Crippen molar-refractivity contribution in [3.05, 3.63) is 70.8 Å². The highest BCUT2D eigenvalue weighted by Gasteiger charge is 2.30. The van der Waals surface area contributed by atoms with Crippen LogP contribution in [0.3, 0.4) is 0 Å². The smallest absolute Gasteiger partial charge is 0.368 e. The first kappa shape index (κ1) is 20.0. The molecule has 1 atom stereocenters. The monoisotopic (exact) mass is 375 g/mol. The fraction of sp³-hybridized carbons (Fsp3) is 0.211. The van der Waals surface area contributed by atoms with Gasteiger partial charge in [0.2, 0.25) is 11.8 Å². The van der Waals surface area contributed by atoms with Gasteiger partial charge >= 0.3 is 6.18 Å². The molecule has 0 radical (unpaired) electrons. The molecule has 5 nitrogen and oxygen atoms in total. The van der Waals surface area contributed by atoms with E-state index in [1.807, 2.05) is 6.07 Å². The Kier molecular flexibility index (Phi) is 6.19. The molecule has 0 aliphatic heterocycles. The minimum atomic E-state index is -4.45. The largest absolute Gasteiger partial charge is 0.416 e. The minimum Gasteiger partial charge on any atom is -0.368 e. The van der Waals surface area contributed by atoms with Gasteiger partial charge in [0, 0.05) is 6.42 Å². The lowest BCUT2D eigenvalue weighted by molar-refractivity contribution is -0.137. The number of halogens is 3. The van der Waals surface area contributed by atoms with Gasteiger partial charge in [-0.05, 0) is 35.4 Å². The quantitative estimate of drug-likeness (QED) is 0.811. The fourth-order valence-corrected chi connectivity index (χ4v) is 2.47. The van der Waals surface area contributed by atoms with Gasteiger partial charge in [-0.2, -0.15) is 18.4 Å². The lowest BCUT2D eigenvalue weighted by Gasteiger charge is -2.16. The van der Waals surface area contributed by atoms with E-state index in [-0.39, 0.29) is 12.8 Å². The zero-order valence-corrected chi connectivity index (χ0v) is 14.1. The molecule has 0 fully saturated rings. The summed E-state index contributed by atoms with van der Waals surface area (Å²) in [5.74, 6) is -1.30. The highest BCUT2D eigenvalue weighted by Crippen LogP contribution is 2.29. The summed E-state index contributed by atoms with van der Waals surface area (Å²) in [6, 6.07) is 11.7. The van der Waals surface area contributed by atoms with E-state index in [1.54, 1.807) is 24.3 Å². The topological polar surface area (TPSA) is 96.0 Å². The number of hydrogen-bond acceptors (Lipinski definition) is 3. The molecule has 0 aromatic heterocycles. The predicted octanol–water partition coefficient (Wildman–Crippen LogP) is 2.33. The third kappa shape index (κ3) is 5.85. The Morgan fingerprint density at radius 3 is 2.33 bits per heavy atom. The Morgan fingerprint density at radius 1 is 1.11 bits per heavy atom. The number of amides is 2. The summed E-state index contributed by atoms with van der Waals surface area (Å²) in [6.07, 6.45) is -4.54. The van der Waals surface area contributed by atoms with Crippen LogP contribution in [0, 0.1) is 11.3 Å². The molecule has 0 unspecified atom stereocenters. The van der Waals surface area contributed by atoms with Crippen LogP contribution < -0.4 is 11.1 Å². The molecule has 0 saturated carbocycles. The Bertz CT molecular complexity index is 871. The Hall–Kier alpha value is -3.34. The van der Waals surface area contributed by atoms with Crippen molar-refractivity contribution in [2.45, 2.75) is 25.1 Å². The molecule has 3 N–H and O–H groups in total. The molecule has 2 aromatic rings. The van der Waals surface area contributed by atoms with Crippen LogP contribution >= 0.6 is 0 Å². The van der Waals surface area contributed by atoms with Gasteiger partial charge in [-0.1, -0.05) is 24.3 Å². The van der Waals surface area contributed by atoms with Gasteiger partial charge in [-0.25, -0.2) is 0 Å². The second-order valence-corrected chi connectivity index (χ2v) is 5.91. The lowest BCUT2D eigenvalue weighted by atomic mass is 10.0. The number of nitrogens with two attached hydrogens (primary N) is 1. The number of alkyl halides is 3. The Labute approximate surface area is 153 Å².